The predicted molar refractivity (Wildman–Crippen MR) is 96.4 cm³/mol. The van der Waals surface area contributed by atoms with Crippen molar-refractivity contribution in [1.82, 2.24) is 5.32 Å². The molecule has 0 unspecified atom stereocenters. The number of alkyl halides is 2. The van der Waals surface area contributed by atoms with Crippen molar-refractivity contribution in [2.75, 3.05) is 18.5 Å². The largest absolute Gasteiger partial charge is 0.454 e. The van der Waals surface area contributed by atoms with Gasteiger partial charge in [-0.1, -0.05) is 23.7 Å². The number of ether oxygens (including phenoxy) is 2. The average Bonchev–Trinajstić information content (AvgIpc) is 2.66. The highest BCUT2D eigenvalue weighted by Gasteiger charge is 2.16. The summed E-state index contributed by atoms with van der Waals surface area (Å²) in [6.07, 6.45) is 0. The monoisotopic (exact) mass is 412 g/mol. The number of rotatable bonds is 8. The van der Waals surface area contributed by atoms with Crippen LogP contribution in [0.25, 0.3) is 0 Å². The van der Waals surface area contributed by atoms with E-state index >= 15 is 0 Å². The normalized spacial score (nSPS) is 10.3. The maximum Gasteiger partial charge on any atom is 0.387 e. The number of nitrogens with one attached hydrogen (secondary N) is 2. The van der Waals surface area contributed by atoms with Gasteiger partial charge in [-0.15, -0.1) is 0 Å². The highest BCUT2D eigenvalue weighted by atomic mass is 35.5. The van der Waals surface area contributed by atoms with Gasteiger partial charge in [0, 0.05) is 10.7 Å². The average molecular weight is 413 g/mol. The van der Waals surface area contributed by atoms with Gasteiger partial charge in [-0.25, -0.2) is 0 Å². The molecule has 28 heavy (non-hydrogen) atoms. The first kappa shape index (κ1) is 21.1. The zero-order valence-electron chi connectivity index (χ0n) is 14.3. The first-order valence-electron chi connectivity index (χ1n) is 7.88. The molecule has 0 atom stereocenters. The molecule has 0 aromatic heterocycles. The van der Waals surface area contributed by atoms with E-state index in [1.165, 1.54) is 24.3 Å². The third-order valence-electron chi connectivity index (χ3n) is 3.23. The molecule has 0 aliphatic heterocycles. The third-order valence-corrected chi connectivity index (χ3v) is 3.49. The number of hydrogen-bond donors (Lipinski definition) is 2. The van der Waals surface area contributed by atoms with Gasteiger partial charge in [-0.2, -0.15) is 8.78 Å². The minimum atomic E-state index is -3.10. The van der Waals surface area contributed by atoms with Gasteiger partial charge < -0.3 is 20.1 Å². The van der Waals surface area contributed by atoms with Gasteiger partial charge in [-0.05, 0) is 36.4 Å². The molecule has 2 N–H and O–H groups in total. The lowest BCUT2D eigenvalue weighted by Crippen LogP contribution is -2.32. The van der Waals surface area contributed by atoms with E-state index in [-0.39, 0.29) is 11.3 Å². The van der Waals surface area contributed by atoms with Crippen LogP contribution in [0.15, 0.2) is 48.5 Å². The quantitative estimate of drug-likeness (QED) is 0.650. The number of anilines is 1. The zero-order valence-corrected chi connectivity index (χ0v) is 15.0. The zero-order chi connectivity index (χ0) is 20.5. The Kier molecular flexibility index (Phi) is 7.70. The lowest BCUT2D eigenvalue weighted by Gasteiger charge is -2.11. The molecule has 0 saturated heterocycles. The van der Waals surface area contributed by atoms with E-state index in [9.17, 15) is 23.2 Å². The van der Waals surface area contributed by atoms with Crippen LogP contribution in [0.5, 0.6) is 5.75 Å². The number of halogens is 3. The van der Waals surface area contributed by atoms with Gasteiger partial charge in [0.1, 0.15) is 12.3 Å². The molecule has 0 radical (unpaired) electrons. The molecule has 0 aliphatic carbocycles. The number of amides is 2. The van der Waals surface area contributed by atoms with E-state index in [1.54, 1.807) is 24.3 Å². The summed E-state index contributed by atoms with van der Waals surface area (Å²) in [5, 5.41) is 5.20. The fourth-order valence-electron chi connectivity index (χ4n) is 2.03. The summed E-state index contributed by atoms with van der Waals surface area (Å²) in [4.78, 5) is 35.4. The van der Waals surface area contributed by atoms with Crippen molar-refractivity contribution >= 4 is 35.1 Å². The van der Waals surface area contributed by atoms with E-state index in [2.05, 4.69) is 15.4 Å². The molecule has 0 saturated carbocycles. The topological polar surface area (TPSA) is 93.7 Å². The van der Waals surface area contributed by atoms with Gasteiger partial charge in [-0.3, -0.25) is 14.4 Å². The number of esters is 1. The summed E-state index contributed by atoms with van der Waals surface area (Å²) in [5.74, 6) is -2.60. The fraction of sp³-hybridized carbons (Fsp3) is 0.167. The summed E-state index contributed by atoms with van der Waals surface area (Å²) in [6.45, 7) is -4.23. The molecule has 0 spiro atoms. The first-order valence-corrected chi connectivity index (χ1v) is 8.26. The predicted octanol–water partition coefficient (Wildman–Crippen LogP) is 2.85. The lowest BCUT2D eigenvalue weighted by molar-refractivity contribution is -0.146. The summed E-state index contributed by atoms with van der Waals surface area (Å²) >= 11 is 5.73. The minimum Gasteiger partial charge on any atom is -0.454 e. The number of benzene rings is 2. The SMILES string of the molecule is O=C(COC(=O)CNC(=O)c1ccccc1OC(F)F)Nc1ccc(Cl)cc1. The van der Waals surface area contributed by atoms with Crippen molar-refractivity contribution < 1.29 is 32.6 Å². The Balaban J connectivity index is 1.78. The molecule has 7 nitrogen and oxygen atoms in total. The Bertz CT molecular complexity index is 846. The number of hydrogen-bond acceptors (Lipinski definition) is 5. The van der Waals surface area contributed by atoms with Crippen molar-refractivity contribution in [3.05, 3.63) is 59.1 Å². The number of carbonyl (C=O) groups is 3. The summed E-state index contributed by atoms with van der Waals surface area (Å²) in [6, 6.07) is 11.6. The van der Waals surface area contributed by atoms with Crippen molar-refractivity contribution in [3.8, 4) is 5.75 Å². The molecular weight excluding hydrogens is 398 g/mol. The first-order chi connectivity index (χ1) is 13.3. The second-order valence-electron chi connectivity index (χ2n) is 5.27. The van der Waals surface area contributed by atoms with Crippen LogP contribution in [-0.2, 0) is 14.3 Å². The Hall–Kier alpha value is -3.20. The van der Waals surface area contributed by atoms with Crippen LogP contribution in [0.1, 0.15) is 10.4 Å². The highest BCUT2D eigenvalue weighted by Crippen LogP contribution is 2.20. The van der Waals surface area contributed by atoms with Crippen molar-refractivity contribution in [1.29, 1.82) is 0 Å². The Morgan fingerprint density at radius 3 is 2.39 bits per heavy atom. The van der Waals surface area contributed by atoms with E-state index in [4.69, 9.17) is 16.3 Å². The molecule has 2 rings (SSSR count). The number of carbonyl (C=O) groups excluding carboxylic acids is 3. The van der Waals surface area contributed by atoms with Crippen LogP contribution in [0.4, 0.5) is 14.5 Å². The van der Waals surface area contributed by atoms with Crippen LogP contribution in [0.2, 0.25) is 5.02 Å². The van der Waals surface area contributed by atoms with Gasteiger partial charge >= 0.3 is 12.6 Å². The molecule has 2 aromatic rings. The molecule has 148 valence electrons. The maximum atomic E-state index is 12.4. The molecule has 2 amide bonds. The van der Waals surface area contributed by atoms with E-state index in [1.807, 2.05) is 0 Å². The third kappa shape index (κ3) is 6.84. The van der Waals surface area contributed by atoms with E-state index in [0.717, 1.165) is 0 Å². The van der Waals surface area contributed by atoms with Crippen LogP contribution in [0, 0.1) is 0 Å². The molecule has 2 aromatic carbocycles. The molecule has 0 fully saturated rings. The standard InChI is InChI=1S/C18H15ClF2N2O5/c19-11-5-7-12(8-6-11)23-15(24)10-27-16(25)9-22-17(26)13-3-1-2-4-14(13)28-18(20)21/h1-8,18H,9-10H2,(H,22,26)(H,23,24). The highest BCUT2D eigenvalue weighted by molar-refractivity contribution is 6.30. The Morgan fingerprint density at radius 1 is 1.04 bits per heavy atom. The van der Waals surface area contributed by atoms with Gasteiger partial charge in [0.25, 0.3) is 11.8 Å². The second-order valence-corrected chi connectivity index (χ2v) is 5.71. The van der Waals surface area contributed by atoms with Crippen molar-refractivity contribution in [2.45, 2.75) is 6.61 Å². The van der Waals surface area contributed by atoms with Crippen LogP contribution in [0.3, 0.4) is 0 Å². The van der Waals surface area contributed by atoms with Gasteiger partial charge in [0.05, 0.1) is 5.56 Å². The van der Waals surface area contributed by atoms with Crippen LogP contribution < -0.4 is 15.4 Å². The van der Waals surface area contributed by atoms with E-state index in [0.29, 0.717) is 10.7 Å². The molecule has 0 aliphatic rings. The Labute approximate surface area is 163 Å². The van der Waals surface area contributed by atoms with Gasteiger partial charge in [0.2, 0.25) is 0 Å². The second kappa shape index (κ2) is 10.2. The summed E-state index contributed by atoms with van der Waals surface area (Å²) < 4.78 is 33.7. The van der Waals surface area contributed by atoms with Crippen molar-refractivity contribution in [3.63, 3.8) is 0 Å². The maximum absolute atomic E-state index is 12.4. The van der Waals surface area contributed by atoms with Crippen molar-refractivity contribution in [2.24, 2.45) is 0 Å². The molecule has 0 bridgehead atoms. The van der Waals surface area contributed by atoms with Crippen LogP contribution >= 0.6 is 11.6 Å². The minimum absolute atomic E-state index is 0.170. The molecular formula is C18H15ClF2N2O5. The van der Waals surface area contributed by atoms with E-state index < -0.39 is 37.5 Å². The summed E-state index contributed by atoms with van der Waals surface area (Å²) in [5.41, 5.74) is 0.297. The van der Waals surface area contributed by atoms with Gasteiger partial charge in [0.15, 0.2) is 6.61 Å². The molecule has 0 heterocycles. The smallest absolute Gasteiger partial charge is 0.387 e. The number of para-hydroxylation sites is 1. The molecule has 10 heteroatoms. The Morgan fingerprint density at radius 2 is 1.71 bits per heavy atom. The summed E-state index contributed by atoms with van der Waals surface area (Å²) in [7, 11) is 0. The fourth-order valence-corrected chi connectivity index (χ4v) is 2.15. The van der Waals surface area contributed by atoms with Crippen LogP contribution in [-0.4, -0.2) is 37.5 Å². The lowest BCUT2D eigenvalue weighted by atomic mass is 10.2.